The standard InChI is InChI=1S/C16H23BrFNO/c1-2-19-13(11-14-7-3-4-9-20-14)10-12-6-5-8-15(18)16(12)17/h5-6,8,13-14,19H,2-4,7,9-11H2,1H3. The summed E-state index contributed by atoms with van der Waals surface area (Å²) in [6.07, 6.45) is 5.75. The predicted molar refractivity (Wildman–Crippen MR) is 83.5 cm³/mol. The Bertz CT molecular complexity index is 421. The van der Waals surface area contributed by atoms with E-state index in [0.29, 0.717) is 16.6 Å². The minimum absolute atomic E-state index is 0.188. The lowest BCUT2D eigenvalue weighted by Crippen LogP contribution is -2.36. The molecule has 0 spiro atoms. The number of halogens is 2. The molecule has 2 unspecified atom stereocenters. The third-order valence-electron chi connectivity index (χ3n) is 3.81. The van der Waals surface area contributed by atoms with Crippen LogP contribution >= 0.6 is 15.9 Å². The average molecular weight is 344 g/mol. The van der Waals surface area contributed by atoms with E-state index in [0.717, 1.165) is 38.0 Å². The molecule has 1 saturated heterocycles. The van der Waals surface area contributed by atoms with Gasteiger partial charge in [-0.05, 0) is 66.2 Å². The molecule has 0 saturated carbocycles. The van der Waals surface area contributed by atoms with Crippen LogP contribution < -0.4 is 5.32 Å². The summed E-state index contributed by atoms with van der Waals surface area (Å²) in [6.45, 7) is 3.91. The quantitative estimate of drug-likeness (QED) is 0.840. The molecule has 0 aliphatic carbocycles. The minimum atomic E-state index is -0.188. The highest BCUT2D eigenvalue weighted by molar-refractivity contribution is 9.10. The van der Waals surface area contributed by atoms with Gasteiger partial charge in [-0.25, -0.2) is 4.39 Å². The van der Waals surface area contributed by atoms with Gasteiger partial charge in [-0.1, -0.05) is 19.1 Å². The fourth-order valence-corrected chi connectivity index (χ4v) is 3.24. The Kier molecular flexibility index (Phi) is 6.46. The van der Waals surface area contributed by atoms with Crippen LogP contribution in [0.4, 0.5) is 4.39 Å². The van der Waals surface area contributed by atoms with Gasteiger partial charge < -0.3 is 10.1 Å². The molecule has 1 fully saturated rings. The van der Waals surface area contributed by atoms with Crippen molar-refractivity contribution < 1.29 is 9.13 Å². The summed E-state index contributed by atoms with van der Waals surface area (Å²) >= 11 is 3.35. The molecule has 0 radical (unpaired) electrons. The third kappa shape index (κ3) is 4.54. The van der Waals surface area contributed by atoms with Crippen molar-refractivity contribution in [1.82, 2.24) is 5.32 Å². The van der Waals surface area contributed by atoms with Crippen LogP contribution in [0.2, 0.25) is 0 Å². The SMILES string of the molecule is CCNC(Cc1cccc(F)c1Br)CC1CCCCO1. The molecule has 1 aromatic carbocycles. The molecule has 1 aliphatic heterocycles. The molecule has 0 amide bonds. The average Bonchev–Trinajstić information content (AvgIpc) is 2.45. The first-order chi connectivity index (χ1) is 9.70. The lowest BCUT2D eigenvalue weighted by Gasteiger charge is -2.27. The van der Waals surface area contributed by atoms with Crippen molar-refractivity contribution in [2.75, 3.05) is 13.2 Å². The second kappa shape index (κ2) is 8.11. The molecule has 2 rings (SSSR count). The maximum absolute atomic E-state index is 13.6. The first kappa shape index (κ1) is 15.9. The Morgan fingerprint density at radius 2 is 2.30 bits per heavy atom. The normalized spacial score (nSPS) is 20.9. The maximum atomic E-state index is 13.6. The van der Waals surface area contributed by atoms with Crippen LogP contribution in [-0.2, 0) is 11.2 Å². The van der Waals surface area contributed by atoms with E-state index < -0.39 is 0 Å². The van der Waals surface area contributed by atoms with Crippen molar-refractivity contribution in [3.63, 3.8) is 0 Å². The molecule has 20 heavy (non-hydrogen) atoms. The highest BCUT2D eigenvalue weighted by atomic mass is 79.9. The molecule has 1 aliphatic rings. The Labute approximate surface area is 129 Å². The van der Waals surface area contributed by atoms with Gasteiger partial charge in [0.05, 0.1) is 10.6 Å². The fraction of sp³-hybridized carbons (Fsp3) is 0.625. The van der Waals surface area contributed by atoms with Gasteiger partial charge in [-0.2, -0.15) is 0 Å². The van der Waals surface area contributed by atoms with Crippen LogP contribution in [-0.4, -0.2) is 25.3 Å². The lowest BCUT2D eigenvalue weighted by atomic mass is 9.97. The molecular weight excluding hydrogens is 321 g/mol. The van der Waals surface area contributed by atoms with Gasteiger partial charge in [0.2, 0.25) is 0 Å². The van der Waals surface area contributed by atoms with E-state index in [4.69, 9.17) is 4.74 Å². The van der Waals surface area contributed by atoms with E-state index in [1.807, 2.05) is 6.07 Å². The second-order valence-electron chi connectivity index (χ2n) is 5.40. The first-order valence-electron chi connectivity index (χ1n) is 7.48. The van der Waals surface area contributed by atoms with Crippen molar-refractivity contribution in [2.24, 2.45) is 0 Å². The number of hydrogen-bond donors (Lipinski definition) is 1. The first-order valence-corrected chi connectivity index (χ1v) is 8.28. The van der Waals surface area contributed by atoms with Crippen LogP contribution in [0.1, 0.15) is 38.2 Å². The number of ether oxygens (including phenoxy) is 1. The molecule has 0 bridgehead atoms. The number of rotatable bonds is 6. The van der Waals surface area contributed by atoms with Gasteiger partial charge in [0.25, 0.3) is 0 Å². The zero-order chi connectivity index (χ0) is 14.4. The summed E-state index contributed by atoms with van der Waals surface area (Å²) in [5.41, 5.74) is 1.02. The Hall–Kier alpha value is -0.450. The summed E-state index contributed by atoms with van der Waals surface area (Å²) in [4.78, 5) is 0. The Morgan fingerprint density at radius 3 is 3.00 bits per heavy atom. The molecule has 1 heterocycles. The minimum Gasteiger partial charge on any atom is -0.378 e. The summed E-state index contributed by atoms with van der Waals surface area (Å²) in [5, 5.41) is 3.50. The van der Waals surface area contributed by atoms with Crippen LogP contribution in [0.25, 0.3) is 0 Å². The molecule has 112 valence electrons. The molecule has 1 aromatic rings. The zero-order valence-corrected chi connectivity index (χ0v) is 13.6. The number of benzene rings is 1. The third-order valence-corrected chi connectivity index (χ3v) is 4.70. The van der Waals surface area contributed by atoms with E-state index in [-0.39, 0.29) is 5.82 Å². The fourth-order valence-electron chi connectivity index (χ4n) is 2.81. The summed E-state index contributed by atoms with van der Waals surface area (Å²) in [7, 11) is 0. The van der Waals surface area contributed by atoms with Gasteiger partial charge in [-0.15, -0.1) is 0 Å². The van der Waals surface area contributed by atoms with Gasteiger partial charge in [0.15, 0.2) is 0 Å². The van der Waals surface area contributed by atoms with Gasteiger partial charge in [0, 0.05) is 12.6 Å². The highest BCUT2D eigenvalue weighted by Gasteiger charge is 2.20. The van der Waals surface area contributed by atoms with Gasteiger partial charge in [-0.3, -0.25) is 0 Å². The Morgan fingerprint density at radius 1 is 1.45 bits per heavy atom. The predicted octanol–water partition coefficient (Wildman–Crippen LogP) is 4.07. The van der Waals surface area contributed by atoms with E-state index in [9.17, 15) is 4.39 Å². The lowest BCUT2D eigenvalue weighted by molar-refractivity contribution is 0.00534. The highest BCUT2D eigenvalue weighted by Crippen LogP contribution is 2.24. The largest absolute Gasteiger partial charge is 0.378 e. The van der Waals surface area contributed by atoms with Crippen molar-refractivity contribution >= 4 is 15.9 Å². The van der Waals surface area contributed by atoms with Crippen LogP contribution in [0.3, 0.4) is 0 Å². The molecule has 2 atom stereocenters. The number of likely N-dealkylation sites (N-methyl/N-ethyl adjacent to an activating group) is 1. The van der Waals surface area contributed by atoms with E-state index in [1.54, 1.807) is 6.07 Å². The van der Waals surface area contributed by atoms with E-state index in [2.05, 4.69) is 28.2 Å². The van der Waals surface area contributed by atoms with Crippen molar-refractivity contribution in [3.05, 3.63) is 34.1 Å². The summed E-state index contributed by atoms with van der Waals surface area (Å²) < 4.78 is 20.0. The van der Waals surface area contributed by atoms with Crippen LogP contribution in [0, 0.1) is 5.82 Å². The van der Waals surface area contributed by atoms with Crippen LogP contribution in [0.15, 0.2) is 22.7 Å². The van der Waals surface area contributed by atoms with E-state index >= 15 is 0 Å². The van der Waals surface area contributed by atoms with Crippen LogP contribution in [0.5, 0.6) is 0 Å². The topological polar surface area (TPSA) is 21.3 Å². The van der Waals surface area contributed by atoms with Crippen molar-refractivity contribution in [2.45, 2.75) is 51.2 Å². The molecule has 0 aromatic heterocycles. The number of hydrogen-bond acceptors (Lipinski definition) is 2. The maximum Gasteiger partial charge on any atom is 0.137 e. The van der Waals surface area contributed by atoms with Crippen molar-refractivity contribution in [3.8, 4) is 0 Å². The van der Waals surface area contributed by atoms with Gasteiger partial charge >= 0.3 is 0 Å². The van der Waals surface area contributed by atoms with E-state index in [1.165, 1.54) is 18.9 Å². The zero-order valence-electron chi connectivity index (χ0n) is 12.0. The Balaban J connectivity index is 1.98. The summed E-state index contributed by atoms with van der Waals surface area (Å²) in [5.74, 6) is -0.188. The van der Waals surface area contributed by atoms with Gasteiger partial charge in [0.1, 0.15) is 5.82 Å². The smallest absolute Gasteiger partial charge is 0.137 e. The second-order valence-corrected chi connectivity index (χ2v) is 6.19. The monoisotopic (exact) mass is 343 g/mol. The molecule has 4 heteroatoms. The number of nitrogens with one attached hydrogen (secondary N) is 1. The van der Waals surface area contributed by atoms with Crippen molar-refractivity contribution in [1.29, 1.82) is 0 Å². The molecule has 1 N–H and O–H groups in total. The summed E-state index contributed by atoms with van der Waals surface area (Å²) in [6, 6.07) is 5.58. The molecular formula is C16H23BrFNO. The molecule has 2 nitrogen and oxygen atoms in total.